The number of fused-ring (bicyclic) bond motifs is 4. The van der Waals surface area contributed by atoms with Gasteiger partial charge in [0.05, 0.1) is 50.2 Å². The number of nitrogens with two attached hydrogens (primary N) is 2. The predicted molar refractivity (Wildman–Crippen MR) is 292 cm³/mol. The molecule has 76 heavy (non-hydrogen) atoms. The van der Waals surface area contributed by atoms with Crippen LogP contribution >= 0.6 is 15.0 Å². The van der Waals surface area contributed by atoms with Crippen molar-refractivity contribution in [3.05, 3.63) is 110 Å². The number of hydrogen-bond acceptors (Lipinski definition) is 18. The van der Waals surface area contributed by atoms with Crippen molar-refractivity contribution >= 4 is 82.5 Å². The number of ether oxygens (including phenoxy) is 4. The van der Waals surface area contributed by atoms with Crippen molar-refractivity contribution in [1.29, 1.82) is 0 Å². The predicted octanol–water partition coefficient (Wildman–Crippen LogP) is 9.03. The van der Waals surface area contributed by atoms with E-state index in [0.29, 0.717) is 46.9 Å². The largest absolute Gasteiger partial charge is 0.462 e. The number of nitrogens with zero attached hydrogens (tertiary/aromatic N) is 8. The molecule has 0 radical (unpaired) electrons. The molecule has 404 valence electrons. The highest BCUT2D eigenvalue weighted by Gasteiger charge is 2.41. The molecule has 0 spiro atoms. The summed E-state index contributed by atoms with van der Waals surface area (Å²) < 4.78 is 67.2. The molecule has 8 aromatic rings. The number of nitrogens with one attached hydrogen (secondary N) is 2. The maximum atomic E-state index is 14.3. The zero-order valence-corrected chi connectivity index (χ0v) is 46.0. The van der Waals surface area contributed by atoms with Gasteiger partial charge < -0.3 is 48.6 Å². The van der Waals surface area contributed by atoms with E-state index in [1.54, 1.807) is 89.3 Å². The zero-order valence-electron chi connectivity index (χ0n) is 44.2. The summed E-state index contributed by atoms with van der Waals surface area (Å²) in [6.07, 6.45) is 3.84. The number of esters is 2. The highest BCUT2D eigenvalue weighted by molar-refractivity contribution is 7.57. The van der Waals surface area contributed by atoms with Crippen molar-refractivity contribution in [2.45, 2.75) is 118 Å². The summed E-state index contributed by atoms with van der Waals surface area (Å²) in [7, 11) is -7.62. The van der Waals surface area contributed by atoms with Crippen molar-refractivity contribution in [3.63, 3.8) is 0 Å². The van der Waals surface area contributed by atoms with Crippen LogP contribution in [0.3, 0.4) is 0 Å². The minimum absolute atomic E-state index is 0.287. The van der Waals surface area contributed by atoms with Crippen molar-refractivity contribution in [3.8, 4) is 11.5 Å². The molecule has 4 aromatic carbocycles. The Morgan fingerprint density at radius 2 is 0.921 bits per heavy atom. The molecule has 4 atom stereocenters. The molecule has 4 aromatic heterocycles. The van der Waals surface area contributed by atoms with Gasteiger partial charge in [0.15, 0.2) is 22.9 Å². The molecule has 0 fully saturated rings. The highest BCUT2D eigenvalue weighted by Crippen LogP contribution is 2.49. The van der Waals surface area contributed by atoms with E-state index in [-0.39, 0.29) is 36.5 Å². The summed E-state index contributed by atoms with van der Waals surface area (Å²) in [5.74, 6) is 0.297. The van der Waals surface area contributed by atoms with Gasteiger partial charge in [-0.05, 0) is 92.1 Å². The highest BCUT2D eigenvalue weighted by atomic mass is 31.2. The van der Waals surface area contributed by atoms with E-state index < -0.39 is 50.3 Å². The fourth-order valence-electron chi connectivity index (χ4n) is 7.87. The van der Waals surface area contributed by atoms with Gasteiger partial charge in [0.25, 0.3) is 0 Å². The Morgan fingerprint density at radius 1 is 0.553 bits per heavy atom. The van der Waals surface area contributed by atoms with Crippen LogP contribution < -0.4 is 30.7 Å². The molecule has 0 saturated heterocycles. The third-order valence-corrected chi connectivity index (χ3v) is 15.2. The zero-order chi connectivity index (χ0) is 55.0. The molecule has 24 heteroatoms. The van der Waals surface area contributed by atoms with Crippen LogP contribution in [0.25, 0.3) is 43.9 Å². The average Bonchev–Trinajstić information content (AvgIpc) is 3.98. The summed E-state index contributed by atoms with van der Waals surface area (Å²) in [6, 6.07) is 26.2. The SMILES string of the molecule is CC(C)OC(=O)C(C)(C)NP(=O)(CO[C@H](C)Cn1cnc2c(N)ncnc21)Oc1cccc2ccccc12.CC(C)OC(=O)C(C)(C)N[P@](=O)(CO[C@H](C)Cn1cnc2c(N)ncnc21)Oc1cccc2ccccc12. The molecule has 0 amide bonds. The van der Waals surface area contributed by atoms with E-state index in [9.17, 15) is 18.7 Å². The molecular weight excluding hydrogens is 1010 g/mol. The number of rotatable bonds is 22. The lowest BCUT2D eigenvalue weighted by Gasteiger charge is -2.31. The van der Waals surface area contributed by atoms with Crippen LogP contribution in [0.15, 0.2) is 110 Å². The molecule has 8 rings (SSSR count). The Hall–Kier alpha value is -7.06. The third-order valence-electron chi connectivity index (χ3n) is 11.4. The fraction of sp³-hybridized carbons (Fsp3) is 0.385. The number of aromatic nitrogens is 8. The van der Waals surface area contributed by atoms with Gasteiger partial charge in [-0.2, -0.15) is 0 Å². The van der Waals surface area contributed by atoms with Crippen molar-refractivity contribution in [2.75, 3.05) is 24.2 Å². The van der Waals surface area contributed by atoms with Gasteiger partial charge in [0, 0.05) is 10.8 Å². The lowest BCUT2D eigenvalue weighted by atomic mass is 10.1. The molecule has 0 aliphatic rings. The summed E-state index contributed by atoms with van der Waals surface area (Å²) in [5.41, 5.74) is 11.3. The summed E-state index contributed by atoms with van der Waals surface area (Å²) in [6.45, 7) is 17.8. The molecule has 6 N–H and O–H groups in total. The minimum Gasteiger partial charge on any atom is -0.462 e. The molecule has 0 saturated carbocycles. The van der Waals surface area contributed by atoms with E-state index in [4.69, 9.17) is 39.5 Å². The van der Waals surface area contributed by atoms with Crippen LogP contribution in [0.5, 0.6) is 11.5 Å². The fourth-order valence-corrected chi connectivity index (χ4v) is 11.9. The van der Waals surface area contributed by atoms with Gasteiger partial charge in [-0.1, -0.05) is 72.8 Å². The normalized spacial score (nSPS) is 14.5. The van der Waals surface area contributed by atoms with Gasteiger partial charge in [-0.25, -0.2) is 40.1 Å². The van der Waals surface area contributed by atoms with Gasteiger partial charge in [0.1, 0.15) is 59.0 Å². The van der Waals surface area contributed by atoms with Crippen molar-refractivity contribution in [1.82, 2.24) is 49.2 Å². The second-order valence-corrected chi connectivity index (χ2v) is 23.8. The average molecular weight is 1080 g/mol. The molecule has 0 aliphatic carbocycles. The molecule has 0 bridgehead atoms. The Balaban J connectivity index is 0.000000221. The lowest BCUT2D eigenvalue weighted by Crippen LogP contribution is -2.48. The maximum Gasteiger partial charge on any atom is 0.342 e. The lowest BCUT2D eigenvalue weighted by molar-refractivity contribution is -0.154. The third kappa shape index (κ3) is 14.2. The van der Waals surface area contributed by atoms with Crippen molar-refractivity contribution in [2.24, 2.45) is 0 Å². The summed E-state index contributed by atoms with van der Waals surface area (Å²) in [5, 5.41) is 9.26. The monoisotopic (exact) mass is 1080 g/mol. The Labute approximate surface area is 440 Å². The van der Waals surface area contributed by atoms with Crippen LogP contribution in [0, 0.1) is 0 Å². The number of hydrogen-bond donors (Lipinski definition) is 4. The minimum atomic E-state index is -3.81. The second kappa shape index (κ2) is 23.9. The topological polar surface area (TPSA) is 287 Å². The number of carbonyl (C=O) groups is 2. The number of benzene rings is 4. The maximum absolute atomic E-state index is 14.3. The molecule has 22 nitrogen and oxygen atoms in total. The summed E-state index contributed by atoms with van der Waals surface area (Å²) in [4.78, 5) is 50.5. The standard InChI is InChI=1S/2C26H33N6O5P/c2*1-17(2)36-25(33)26(4,5)31-38(34,37-21-12-8-10-19-9-6-7-11-20(19)21)16-35-18(3)13-32-15-30-22-23(27)28-14-29-24(22)32/h2*6-12,14-15,17-18H,13,16H2,1-5H3,(H,31,34)(H2,27,28,29)/t18-,38?;18-,38+/m11/s1. The first-order chi connectivity index (χ1) is 35.9. The van der Waals surface area contributed by atoms with Gasteiger partial charge in [0.2, 0.25) is 0 Å². The number of carbonyl (C=O) groups excluding carboxylic acids is 2. The van der Waals surface area contributed by atoms with E-state index in [1.165, 1.54) is 12.7 Å². The first-order valence-corrected chi connectivity index (χ1v) is 28.2. The second-order valence-electron chi connectivity index (χ2n) is 19.7. The van der Waals surface area contributed by atoms with Crippen LogP contribution in [-0.2, 0) is 50.8 Å². The Bertz CT molecular complexity index is 3190. The quantitative estimate of drug-likeness (QED) is 0.0363. The van der Waals surface area contributed by atoms with Gasteiger partial charge in [-0.3, -0.25) is 18.7 Å². The molecular formula is C52H66N12O10P2. The van der Waals surface area contributed by atoms with E-state index in [0.717, 1.165) is 21.5 Å². The van der Waals surface area contributed by atoms with Crippen molar-refractivity contribution < 1.29 is 46.7 Å². The van der Waals surface area contributed by atoms with Crippen LogP contribution in [-0.4, -0.2) is 99.2 Å². The Kier molecular flexibility index (Phi) is 17.8. The van der Waals surface area contributed by atoms with E-state index >= 15 is 0 Å². The summed E-state index contributed by atoms with van der Waals surface area (Å²) >= 11 is 0. The van der Waals surface area contributed by atoms with Gasteiger partial charge >= 0.3 is 27.0 Å². The van der Waals surface area contributed by atoms with E-state index in [1.807, 2.05) is 86.6 Å². The smallest absolute Gasteiger partial charge is 0.342 e. The van der Waals surface area contributed by atoms with Gasteiger partial charge in [-0.15, -0.1) is 0 Å². The molecule has 4 heterocycles. The first kappa shape index (κ1) is 56.7. The molecule has 1 unspecified atom stereocenters. The first-order valence-electron chi connectivity index (χ1n) is 24.5. The number of imidazole rings is 2. The van der Waals surface area contributed by atoms with Crippen LogP contribution in [0.4, 0.5) is 11.6 Å². The Morgan fingerprint density at radius 3 is 1.30 bits per heavy atom. The molecule has 0 aliphatic heterocycles. The van der Waals surface area contributed by atoms with E-state index in [2.05, 4.69) is 40.1 Å². The van der Waals surface area contributed by atoms with Crippen LogP contribution in [0.1, 0.15) is 69.2 Å². The number of anilines is 2. The van der Waals surface area contributed by atoms with Crippen LogP contribution in [0.2, 0.25) is 0 Å². The number of nitrogen functional groups attached to an aromatic ring is 2.